The van der Waals surface area contributed by atoms with E-state index < -0.39 is 0 Å². The first kappa shape index (κ1) is 25.2. The van der Waals surface area contributed by atoms with E-state index in [1.54, 1.807) is 18.5 Å². The van der Waals surface area contributed by atoms with Gasteiger partial charge in [0.15, 0.2) is 5.82 Å². The molecule has 1 fully saturated rings. The Bertz CT molecular complexity index is 1240. The number of hydrogen-bond acceptors (Lipinski definition) is 6. The van der Waals surface area contributed by atoms with Crippen LogP contribution in [0.4, 0.5) is 5.82 Å². The summed E-state index contributed by atoms with van der Waals surface area (Å²) in [4.78, 5) is 17.2. The average molecular weight is 487 g/mol. The van der Waals surface area contributed by atoms with Gasteiger partial charge in [-0.3, -0.25) is 9.89 Å². The summed E-state index contributed by atoms with van der Waals surface area (Å²) in [5.74, 6) is 3.56. The second kappa shape index (κ2) is 9.65. The summed E-state index contributed by atoms with van der Waals surface area (Å²) in [6.07, 6.45) is 11.3. The summed E-state index contributed by atoms with van der Waals surface area (Å²) in [7, 11) is 2.02. The molecule has 0 atom stereocenters. The lowest BCUT2D eigenvalue weighted by molar-refractivity contribution is -0.149. The van der Waals surface area contributed by atoms with Crippen LogP contribution in [-0.2, 0) is 4.79 Å². The van der Waals surface area contributed by atoms with Gasteiger partial charge in [0.1, 0.15) is 5.75 Å². The van der Waals surface area contributed by atoms with Crippen LogP contribution in [0.25, 0.3) is 22.4 Å². The standard InChI is InChI=1S/C28H34N6O2/c1-7-8-9-26(36)34-27(2,3)15-21(16-28(34,4)5)33(6)25-13-12-23(31-32-25)22-11-10-19(14-24(22)35)20-17-29-30-18-20/h1,10-14,17-18,21,35H,8-9,15-16H2,2-6H3,(H,29,30). The second-order valence-corrected chi connectivity index (χ2v) is 10.7. The van der Waals surface area contributed by atoms with Crippen LogP contribution in [0.5, 0.6) is 5.75 Å². The number of piperidine rings is 1. The van der Waals surface area contributed by atoms with Crippen LogP contribution in [-0.4, -0.2) is 60.5 Å². The number of terminal acetylenes is 1. The zero-order chi connectivity index (χ0) is 26.1. The molecule has 1 saturated heterocycles. The number of aromatic nitrogens is 4. The third kappa shape index (κ3) is 4.92. The van der Waals surface area contributed by atoms with Crippen LogP contribution >= 0.6 is 0 Å². The maximum Gasteiger partial charge on any atom is 0.224 e. The van der Waals surface area contributed by atoms with Gasteiger partial charge in [0.25, 0.3) is 0 Å². The Morgan fingerprint density at radius 2 is 1.89 bits per heavy atom. The Kier molecular flexibility index (Phi) is 6.77. The van der Waals surface area contributed by atoms with E-state index in [0.29, 0.717) is 24.1 Å². The quantitative estimate of drug-likeness (QED) is 0.493. The molecule has 3 aromatic rings. The van der Waals surface area contributed by atoms with Crippen molar-refractivity contribution < 1.29 is 9.90 Å². The number of aromatic amines is 1. The number of rotatable bonds is 6. The van der Waals surface area contributed by atoms with E-state index in [0.717, 1.165) is 29.8 Å². The smallest absolute Gasteiger partial charge is 0.224 e. The maximum atomic E-state index is 13.0. The maximum absolute atomic E-state index is 13.0. The van der Waals surface area contributed by atoms with Gasteiger partial charge < -0.3 is 14.9 Å². The Balaban J connectivity index is 1.51. The number of likely N-dealkylation sites (tertiary alicyclic amines) is 1. The molecule has 2 aromatic heterocycles. The first-order chi connectivity index (χ1) is 17.0. The number of aromatic hydroxyl groups is 1. The molecule has 3 heterocycles. The molecule has 188 valence electrons. The van der Waals surface area contributed by atoms with Gasteiger partial charge in [-0.1, -0.05) is 6.07 Å². The Morgan fingerprint density at radius 3 is 2.44 bits per heavy atom. The number of carbonyl (C=O) groups is 1. The van der Waals surface area contributed by atoms with Crippen molar-refractivity contribution >= 4 is 11.7 Å². The molecule has 2 N–H and O–H groups in total. The van der Waals surface area contributed by atoms with E-state index in [2.05, 4.69) is 58.9 Å². The van der Waals surface area contributed by atoms with Crippen molar-refractivity contribution in [2.75, 3.05) is 11.9 Å². The second-order valence-electron chi connectivity index (χ2n) is 10.7. The zero-order valence-corrected chi connectivity index (χ0v) is 21.6. The third-order valence-electron chi connectivity index (χ3n) is 7.08. The van der Waals surface area contributed by atoms with Crippen LogP contribution in [0.1, 0.15) is 53.4 Å². The molecular weight excluding hydrogens is 452 g/mol. The van der Waals surface area contributed by atoms with Gasteiger partial charge in [-0.25, -0.2) is 0 Å². The molecule has 0 aliphatic carbocycles. The molecule has 0 spiro atoms. The summed E-state index contributed by atoms with van der Waals surface area (Å²) in [5, 5.41) is 26.2. The van der Waals surface area contributed by atoms with Gasteiger partial charge in [-0.05, 0) is 70.4 Å². The lowest BCUT2D eigenvalue weighted by atomic mass is 9.76. The van der Waals surface area contributed by atoms with E-state index in [9.17, 15) is 9.90 Å². The Hall–Kier alpha value is -3.86. The minimum Gasteiger partial charge on any atom is -0.507 e. The Labute approximate surface area is 212 Å². The summed E-state index contributed by atoms with van der Waals surface area (Å²) in [5.41, 5.74) is 2.31. The average Bonchev–Trinajstić information content (AvgIpc) is 3.36. The number of nitrogens with zero attached hydrogens (tertiary/aromatic N) is 5. The molecule has 0 unspecified atom stereocenters. The molecule has 1 aromatic carbocycles. The molecule has 0 radical (unpaired) electrons. The minimum absolute atomic E-state index is 0.104. The number of benzene rings is 1. The van der Waals surface area contributed by atoms with Gasteiger partial charge in [0.05, 0.1) is 11.9 Å². The monoisotopic (exact) mass is 486 g/mol. The van der Waals surface area contributed by atoms with Crippen LogP contribution < -0.4 is 4.90 Å². The van der Waals surface area contributed by atoms with Crippen LogP contribution in [0, 0.1) is 12.3 Å². The van der Waals surface area contributed by atoms with Crippen molar-refractivity contribution in [3.63, 3.8) is 0 Å². The van der Waals surface area contributed by atoms with E-state index in [-0.39, 0.29) is 28.8 Å². The predicted molar refractivity (Wildman–Crippen MR) is 141 cm³/mol. The Morgan fingerprint density at radius 1 is 1.17 bits per heavy atom. The molecule has 4 rings (SSSR count). The number of H-pyrrole nitrogens is 1. The van der Waals surface area contributed by atoms with Gasteiger partial charge in [0.2, 0.25) is 5.91 Å². The first-order valence-electron chi connectivity index (χ1n) is 12.2. The van der Waals surface area contributed by atoms with Crippen LogP contribution in [0.2, 0.25) is 0 Å². The number of nitrogens with one attached hydrogen (secondary N) is 1. The molecule has 8 heteroatoms. The van der Waals surface area contributed by atoms with Gasteiger partial charge in [0, 0.05) is 54.3 Å². The number of amides is 1. The first-order valence-corrected chi connectivity index (χ1v) is 12.2. The van der Waals surface area contributed by atoms with Crippen molar-refractivity contribution in [3.05, 3.63) is 42.7 Å². The van der Waals surface area contributed by atoms with Gasteiger partial charge >= 0.3 is 0 Å². The summed E-state index contributed by atoms with van der Waals surface area (Å²) in [6, 6.07) is 9.43. The number of carbonyl (C=O) groups excluding carboxylic acids is 1. The molecule has 0 bridgehead atoms. The number of anilines is 1. The fourth-order valence-electron chi connectivity index (χ4n) is 5.65. The molecule has 1 aliphatic heterocycles. The normalized spacial score (nSPS) is 16.9. The van der Waals surface area contributed by atoms with Crippen LogP contribution in [0.15, 0.2) is 42.7 Å². The van der Waals surface area contributed by atoms with E-state index >= 15 is 0 Å². The SMILES string of the molecule is C#CCCC(=O)N1C(C)(C)CC(N(C)c2ccc(-c3ccc(-c4cn[nH]c4)cc3O)nn2)CC1(C)C. The molecule has 1 aliphatic rings. The molecule has 0 saturated carbocycles. The van der Waals surface area contributed by atoms with E-state index in [4.69, 9.17) is 6.42 Å². The lowest BCUT2D eigenvalue weighted by Crippen LogP contribution is -2.65. The summed E-state index contributed by atoms with van der Waals surface area (Å²) < 4.78 is 0. The van der Waals surface area contributed by atoms with Crippen molar-refractivity contribution in [3.8, 4) is 40.5 Å². The number of phenols is 1. The highest BCUT2D eigenvalue weighted by Gasteiger charge is 2.48. The van der Waals surface area contributed by atoms with E-state index in [1.165, 1.54) is 0 Å². The van der Waals surface area contributed by atoms with Crippen LogP contribution in [0.3, 0.4) is 0 Å². The van der Waals surface area contributed by atoms with Gasteiger partial charge in [-0.2, -0.15) is 5.10 Å². The molecule has 36 heavy (non-hydrogen) atoms. The van der Waals surface area contributed by atoms with Crippen molar-refractivity contribution in [2.45, 2.75) is 70.5 Å². The fourth-order valence-corrected chi connectivity index (χ4v) is 5.65. The lowest BCUT2D eigenvalue weighted by Gasteiger charge is -2.56. The predicted octanol–water partition coefficient (Wildman–Crippen LogP) is 4.64. The summed E-state index contributed by atoms with van der Waals surface area (Å²) >= 11 is 0. The number of hydrogen-bond donors (Lipinski definition) is 2. The highest BCUT2D eigenvalue weighted by atomic mass is 16.3. The van der Waals surface area contributed by atoms with Gasteiger partial charge in [-0.15, -0.1) is 22.5 Å². The summed E-state index contributed by atoms with van der Waals surface area (Å²) in [6.45, 7) is 8.47. The highest BCUT2D eigenvalue weighted by Crippen LogP contribution is 2.41. The minimum atomic E-state index is -0.331. The topological polar surface area (TPSA) is 98.2 Å². The highest BCUT2D eigenvalue weighted by molar-refractivity contribution is 5.78. The van der Waals surface area contributed by atoms with E-state index in [1.807, 2.05) is 36.2 Å². The van der Waals surface area contributed by atoms with Crippen molar-refractivity contribution in [1.82, 2.24) is 25.3 Å². The van der Waals surface area contributed by atoms with Crippen molar-refractivity contribution in [1.29, 1.82) is 0 Å². The molecule has 8 nitrogen and oxygen atoms in total. The zero-order valence-electron chi connectivity index (χ0n) is 21.6. The third-order valence-corrected chi connectivity index (χ3v) is 7.08. The fraction of sp³-hybridized carbons (Fsp3) is 0.429. The largest absolute Gasteiger partial charge is 0.507 e. The molecule has 1 amide bonds. The molecular formula is C28H34N6O2. The van der Waals surface area contributed by atoms with Crippen molar-refractivity contribution in [2.24, 2.45) is 0 Å². The number of phenolic OH excluding ortho intramolecular Hbond substituents is 1.